The van der Waals surface area contributed by atoms with Crippen LogP contribution >= 0.6 is 0 Å². The maximum absolute atomic E-state index is 4.89. The molecule has 142 valence electrons. The van der Waals surface area contributed by atoms with E-state index in [0.717, 1.165) is 5.52 Å². The first-order chi connectivity index (χ1) is 14.0. The lowest BCUT2D eigenvalue weighted by Gasteiger charge is -2.17. The quantitative estimate of drug-likeness (QED) is 0.215. The number of aromatic nitrogens is 2. The fourth-order valence-corrected chi connectivity index (χ4v) is 5.34. The molecule has 0 spiro atoms. The molecule has 0 N–H and O–H groups in total. The van der Waals surface area contributed by atoms with Crippen LogP contribution in [0.25, 0.3) is 49.0 Å². The van der Waals surface area contributed by atoms with Crippen molar-refractivity contribution < 1.29 is 0 Å². The average Bonchev–Trinajstić information content (AvgIpc) is 3.01. The van der Waals surface area contributed by atoms with Crippen molar-refractivity contribution in [3.05, 3.63) is 70.9 Å². The summed E-state index contributed by atoms with van der Waals surface area (Å²) in [6, 6.07) is 16.1. The molecule has 0 bridgehead atoms. The van der Waals surface area contributed by atoms with E-state index < -0.39 is 0 Å². The summed E-state index contributed by atoms with van der Waals surface area (Å²) < 4.78 is 2.52. The third kappa shape index (κ3) is 2.04. The van der Waals surface area contributed by atoms with E-state index in [1.165, 1.54) is 65.7 Å². The number of pyridine rings is 2. The Morgan fingerprint density at radius 2 is 1.62 bits per heavy atom. The monoisotopic (exact) mass is 376 g/mol. The van der Waals surface area contributed by atoms with Gasteiger partial charge in [0.05, 0.1) is 22.1 Å². The van der Waals surface area contributed by atoms with E-state index in [9.17, 15) is 0 Å². The number of benzene rings is 3. The van der Waals surface area contributed by atoms with Gasteiger partial charge in [0, 0.05) is 27.7 Å². The van der Waals surface area contributed by atoms with E-state index in [1.807, 2.05) is 6.20 Å². The van der Waals surface area contributed by atoms with Gasteiger partial charge >= 0.3 is 0 Å². The number of hydrogen-bond acceptors (Lipinski definition) is 1. The summed E-state index contributed by atoms with van der Waals surface area (Å²) in [5.74, 6) is 0.455. The Hall–Kier alpha value is -3.13. The van der Waals surface area contributed by atoms with Crippen LogP contribution in [0.4, 0.5) is 0 Å². The second kappa shape index (κ2) is 5.48. The number of rotatable bonds is 1. The predicted octanol–water partition coefficient (Wildman–Crippen LogP) is 7.43. The SMILES string of the molecule is Cc1cc(C)c2c(c1)c1nccc3cc(C(C)C)c4c5ccc(C)cc5n2c4c31. The second-order valence-corrected chi connectivity index (χ2v) is 8.94. The first-order valence-electron chi connectivity index (χ1n) is 10.4. The first kappa shape index (κ1) is 16.8. The minimum atomic E-state index is 0.455. The minimum Gasteiger partial charge on any atom is -0.308 e. The number of nitrogens with zero attached hydrogens (tertiary/aromatic N) is 2. The van der Waals surface area contributed by atoms with Crippen molar-refractivity contribution in [1.29, 1.82) is 0 Å². The Labute approximate surface area is 170 Å². The Morgan fingerprint density at radius 1 is 0.793 bits per heavy atom. The highest BCUT2D eigenvalue weighted by Crippen LogP contribution is 2.44. The van der Waals surface area contributed by atoms with Gasteiger partial charge in [0.15, 0.2) is 0 Å². The summed E-state index contributed by atoms with van der Waals surface area (Å²) in [5, 5.41) is 6.56. The van der Waals surface area contributed by atoms with Gasteiger partial charge in [-0.3, -0.25) is 4.98 Å². The van der Waals surface area contributed by atoms with E-state index in [-0.39, 0.29) is 0 Å². The molecule has 29 heavy (non-hydrogen) atoms. The normalized spacial score (nSPS) is 12.6. The molecule has 3 heterocycles. The zero-order chi connectivity index (χ0) is 20.0. The molecule has 0 unspecified atom stereocenters. The van der Waals surface area contributed by atoms with Crippen LogP contribution in [0, 0.1) is 20.8 Å². The molecule has 3 aromatic carbocycles. The Morgan fingerprint density at radius 3 is 2.41 bits per heavy atom. The molecule has 2 heteroatoms. The van der Waals surface area contributed by atoms with E-state index in [2.05, 4.69) is 81.5 Å². The molecular formula is C27H24N2. The fourth-order valence-electron chi connectivity index (χ4n) is 5.34. The van der Waals surface area contributed by atoms with Gasteiger partial charge in [-0.15, -0.1) is 0 Å². The van der Waals surface area contributed by atoms with Crippen molar-refractivity contribution in [3.63, 3.8) is 0 Å². The number of fused-ring (bicyclic) bond motifs is 6. The third-order valence-corrected chi connectivity index (χ3v) is 6.49. The van der Waals surface area contributed by atoms with Crippen LogP contribution in [-0.2, 0) is 0 Å². The van der Waals surface area contributed by atoms with Crippen molar-refractivity contribution >= 4 is 49.0 Å². The van der Waals surface area contributed by atoms with Gasteiger partial charge in [0.2, 0.25) is 0 Å². The largest absolute Gasteiger partial charge is 0.308 e. The van der Waals surface area contributed by atoms with Crippen LogP contribution in [-0.4, -0.2) is 9.38 Å². The summed E-state index contributed by atoms with van der Waals surface area (Å²) in [6.07, 6.45) is 1.97. The third-order valence-electron chi connectivity index (χ3n) is 6.49. The molecule has 0 amide bonds. The van der Waals surface area contributed by atoms with Crippen molar-refractivity contribution in [1.82, 2.24) is 9.38 Å². The summed E-state index contributed by atoms with van der Waals surface area (Å²) in [7, 11) is 0. The van der Waals surface area contributed by atoms with Gasteiger partial charge in [-0.25, -0.2) is 0 Å². The van der Waals surface area contributed by atoms with Gasteiger partial charge < -0.3 is 4.40 Å². The lowest BCUT2D eigenvalue weighted by molar-refractivity contribution is 0.878. The first-order valence-corrected chi connectivity index (χ1v) is 10.4. The van der Waals surface area contributed by atoms with Crippen molar-refractivity contribution in [2.24, 2.45) is 0 Å². The molecule has 0 atom stereocenters. The highest BCUT2D eigenvalue weighted by atomic mass is 14.9. The standard InChI is InChI=1S/C27H24N2/c1-14(2)20-13-18-8-9-28-25-21-11-16(4)10-17(5)26(21)29-22-12-15(3)6-7-19(22)24(20)27(29)23(18)25/h6-14H,1-5H3. The molecule has 0 aliphatic carbocycles. The molecule has 6 aromatic rings. The van der Waals surface area contributed by atoms with Crippen molar-refractivity contribution in [2.45, 2.75) is 40.5 Å². The smallest absolute Gasteiger partial charge is 0.0822 e. The molecule has 0 aliphatic rings. The molecule has 0 aliphatic heterocycles. The molecule has 0 radical (unpaired) electrons. The van der Waals surface area contributed by atoms with E-state index >= 15 is 0 Å². The Balaban J connectivity index is 2.12. The predicted molar refractivity (Wildman–Crippen MR) is 125 cm³/mol. The van der Waals surface area contributed by atoms with E-state index in [4.69, 9.17) is 4.98 Å². The lowest BCUT2D eigenvalue weighted by Crippen LogP contribution is -1.98. The summed E-state index contributed by atoms with van der Waals surface area (Å²) >= 11 is 0. The van der Waals surface area contributed by atoms with Crippen LogP contribution in [0.3, 0.4) is 0 Å². The summed E-state index contributed by atoms with van der Waals surface area (Å²) in [5.41, 5.74) is 10.3. The maximum atomic E-state index is 4.89. The molecule has 0 saturated heterocycles. The molecule has 0 saturated carbocycles. The van der Waals surface area contributed by atoms with Gasteiger partial charge in [0.25, 0.3) is 0 Å². The van der Waals surface area contributed by atoms with Crippen LogP contribution in [0.5, 0.6) is 0 Å². The molecule has 2 nitrogen and oxygen atoms in total. The van der Waals surface area contributed by atoms with Gasteiger partial charge in [-0.1, -0.05) is 37.6 Å². The molecule has 6 rings (SSSR count). The molecule has 3 aromatic heterocycles. The van der Waals surface area contributed by atoms with Crippen LogP contribution < -0.4 is 0 Å². The highest BCUT2D eigenvalue weighted by molar-refractivity contribution is 6.28. The average molecular weight is 377 g/mol. The van der Waals surface area contributed by atoms with Crippen molar-refractivity contribution in [2.75, 3.05) is 0 Å². The molecular weight excluding hydrogens is 352 g/mol. The van der Waals surface area contributed by atoms with Gasteiger partial charge in [0.1, 0.15) is 0 Å². The Kier molecular flexibility index (Phi) is 3.17. The highest BCUT2D eigenvalue weighted by Gasteiger charge is 2.23. The van der Waals surface area contributed by atoms with Gasteiger partial charge in [-0.2, -0.15) is 0 Å². The lowest BCUT2D eigenvalue weighted by atomic mass is 9.92. The van der Waals surface area contributed by atoms with Crippen LogP contribution in [0.2, 0.25) is 0 Å². The maximum Gasteiger partial charge on any atom is 0.0822 e. The zero-order valence-electron chi connectivity index (χ0n) is 17.6. The minimum absolute atomic E-state index is 0.455. The van der Waals surface area contributed by atoms with E-state index in [1.54, 1.807) is 0 Å². The van der Waals surface area contributed by atoms with Crippen molar-refractivity contribution in [3.8, 4) is 0 Å². The fraction of sp³-hybridized carbons (Fsp3) is 0.222. The summed E-state index contributed by atoms with van der Waals surface area (Å²) in [4.78, 5) is 4.89. The topological polar surface area (TPSA) is 17.3 Å². The molecule has 0 fully saturated rings. The Bertz CT molecular complexity index is 1600. The zero-order valence-corrected chi connectivity index (χ0v) is 17.6. The number of hydrogen-bond donors (Lipinski definition) is 0. The second-order valence-electron chi connectivity index (χ2n) is 8.94. The van der Waals surface area contributed by atoms with Crippen LogP contribution in [0.1, 0.15) is 42.0 Å². The number of aryl methyl sites for hydroxylation is 3. The van der Waals surface area contributed by atoms with Crippen LogP contribution in [0.15, 0.2) is 48.7 Å². The van der Waals surface area contributed by atoms with E-state index in [0.29, 0.717) is 5.92 Å². The van der Waals surface area contributed by atoms with Gasteiger partial charge in [-0.05, 0) is 73.0 Å². The summed E-state index contributed by atoms with van der Waals surface area (Å²) in [6.45, 7) is 11.2.